The average Bonchev–Trinajstić information content (AvgIpc) is 2.28. The third kappa shape index (κ3) is 1.67. The Bertz CT molecular complexity index is 587. The van der Waals surface area contributed by atoms with Gasteiger partial charge in [-0.05, 0) is 30.7 Å². The molecule has 0 radical (unpaired) electrons. The summed E-state index contributed by atoms with van der Waals surface area (Å²) in [5, 5.41) is 0.942. The lowest BCUT2D eigenvalue weighted by Gasteiger charge is -2.07. The molecular weight excluding hydrogens is 204 g/mol. The van der Waals surface area contributed by atoms with Gasteiger partial charge in [0.25, 0.3) is 5.56 Å². The number of rotatable bonds is 2. The summed E-state index contributed by atoms with van der Waals surface area (Å²) in [5.41, 5.74) is 7.73. The van der Waals surface area contributed by atoms with E-state index in [9.17, 15) is 4.79 Å². The third-order valence-electron chi connectivity index (χ3n) is 2.58. The molecule has 0 aliphatic heterocycles. The first kappa shape index (κ1) is 10.7. The fourth-order valence-electron chi connectivity index (χ4n) is 1.79. The minimum Gasteiger partial charge on any atom is -0.495 e. The van der Waals surface area contributed by atoms with Crippen LogP contribution < -0.4 is 16.0 Å². The van der Waals surface area contributed by atoms with E-state index in [1.807, 2.05) is 25.1 Å². The van der Waals surface area contributed by atoms with E-state index in [0.29, 0.717) is 11.3 Å². The Kier molecular flexibility index (Phi) is 2.66. The van der Waals surface area contributed by atoms with Gasteiger partial charge in [0.05, 0.1) is 12.6 Å². The van der Waals surface area contributed by atoms with Crippen LogP contribution in [0.3, 0.4) is 0 Å². The van der Waals surface area contributed by atoms with Gasteiger partial charge in [-0.15, -0.1) is 0 Å². The summed E-state index contributed by atoms with van der Waals surface area (Å²) in [7, 11) is 1.59. The van der Waals surface area contributed by atoms with Crippen molar-refractivity contribution in [2.75, 3.05) is 7.11 Å². The van der Waals surface area contributed by atoms with Crippen LogP contribution in [0.4, 0.5) is 0 Å². The predicted molar refractivity (Wildman–Crippen MR) is 63.7 cm³/mol. The molecule has 2 rings (SSSR count). The molecule has 4 heteroatoms. The van der Waals surface area contributed by atoms with Crippen LogP contribution in [0.25, 0.3) is 10.9 Å². The SMILES string of the molecule is COc1cc(C)cc2cc(CN)c(=O)[nH]c12. The van der Waals surface area contributed by atoms with Crippen molar-refractivity contribution >= 4 is 10.9 Å². The van der Waals surface area contributed by atoms with Crippen molar-refractivity contribution in [1.29, 1.82) is 0 Å². The molecule has 4 nitrogen and oxygen atoms in total. The number of nitrogens with one attached hydrogen (secondary N) is 1. The summed E-state index contributed by atoms with van der Waals surface area (Å²) in [5.74, 6) is 0.677. The summed E-state index contributed by atoms with van der Waals surface area (Å²) in [6.07, 6.45) is 0. The second-order valence-corrected chi connectivity index (χ2v) is 3.76. The lowest BCUT2D eigenvalue weighted by Crippen LogP contribution is -2.15. The van der Waals surface area contributed by atoms with Gasteiger partial charge >= 0.3 is 0 Å². The summed E-state index contributed by atoms with van der Waals surface area (Å²) in [6.45, 7) is 2.22. The molecular formula is C12H14N2O2. The maximum atomic E-state index is 11.6. The molecule has 1 aromatic carbocycles. The molecule has 1 aromatic heterocycles. The topological polar surface area (TPSA) is 68.1 Å². The monoisotopic (exact) mass is 218 g/mol. The number of hydrogen-bond acceptors (Lipinski definition) is 3. The maximum absolute atomic E-state index is 11.6. The molecule has 2 aromatic rings. The van der Waals surface area contributed by atoms with Crippen LogP contribution >= 0.6 is 0 Å². The number of fused-ring (bicyclic) bond motifs is 1. The van der Waals surface area contributed by atoms with Gasteiger partial charge in [-0.3, -0.25) is 4.79 Å². The summed E-state index contributed by atoms with van der Waals surface area (Å²) in [6, 6.07) is 5.69. The number of ether oxygens (including phenoxy) is 1. The van der Waals surface area contributed by atoms with Crippen LogP contribution in [0, 0.1) is 6.92 Å². The number of benzene rings is 1. The summed E-state index contributed by atoms with van der Waals surface area (Å²) >= 11 is 0. The first-order valence-electron chi connectivity index (χ1n) is 5.06. The largest absolute Gasteiger partial charge is 0.495 e. The average molecular weight is 218 g/mol. The van der Waals surface area contributed by atoms with E-state index in [2.05, 4.69) is 4.98 Å². The molecule has 0 amide bonds. The number of aromatic amines is 1. The highest BCUT2D eigenvalue weighted by molar-refractivity contribution is 5.85. The minimum atomic E-state index is -0.155. The second-order valence-electron chi connectivity index (χ2n) is 3.76. The van der Waals surface area contributed by atoms with Crippen molar-refractivity contribution < 1.29 is 4.74 Å². The van der Waals surface area contributed by atoms with Gasteiger partial charge < -0.3 is 15.5 Å². The van der Waals surface area contributed by atoms with Gasteiger partial charge in [0.1, 0.15) is 5.75 Å². The Morgan fingerprint density at radius 3 is 2.75 bits per heavy atom. The zero-order valence-electron chi connectivity index (χ0n) is 9.33. The van der Waals surface area contributed by atoms with Gasteiger partial charge in [0, 0.05) is 17.5 Å². The van der Waals surface area contributed by atoms with E-state index in [1.54, 1.807) is 7.11 Å². The van der Waals surface area contributed by atoms with Gasteiger partial charge in [-0.25, -0.2) is 0 Å². The second kappa shape index (κ2) is 3.98. The number of aromatic nitrogens is 1. The first-order chi connectivity index (χ1) is 7.65. The van der Waals surface area contributed by atoms with Crippen LogP contribution in [-0.4, -0.2) is 12.1 Å². The molecule has 0 saturated heterocycles. The molecule has 1 heterocycles. The Morgan fingerprint density at radius 2 is 2.12 bits per heavy atom. The van der Waals surface area contributed by atoms with Crippen molar-refractivity contribution in [2.24, 2.45) is 5.73 Å². The fraction of sp³-hybridized carbons (Fsp3) is 0.250. The highest BCUT2D eigenvalue weighted by atomic mass is 16.5. The molecule has 0 aliphatic carbocycles. The van der Waals surface area contributed by atoms with Crippen molar-refractivity contribution in [3.63, 3.8) is 0 Å². The first-order valence-corrected chi connectivity index (χ1v) is 5.06. The van der Waals surface area contributed by atoms with Crippen molar-refractivity contribution in [2.45, 2.75) is 13.5 Å². The molecule has 0 aliphatic rings. The summed E-state index contributed by atoms with van der Waals surface area (Å²) in [4.78, 5) is 14.4. The Morgan fingerprint density at radius 1 is 1.38 bits per heavy atom. The Labute approximate surface area is 93.0 Å². The molecule has 0 atom stereocenters. The van der Waals surface area contributed by atoms with E-state index in [-0.39, 0.29) is 12.1 Å². The van der Waals surface area contributed by atoms with Crippen molar-refractivity contribution in [3.05, 3.63) is 39.7 Å². The molecule has 0 spiro atoms. The van der Waals surface area contributed by atoms with E-state index in [0.717, 1.165) is 16.5 Å². The zero-order chi connectivity index (χ0) is 11.7. The Balaban J connectivity index is 2.84. The van der Waals surface area contributed by atoms with Crippen LogP contribution in [0.5, 0.6) is 5.75 Å². The molecule has 0 saturated carbocycles. The van der Waals surface area contributed by atoms with Gasteiger partial charge in [0.15, 0.2) is 0 Å². The molecule has 0 unspecified atom stereocenters. The highest BCUT2D eigenvalue weighted by Crippen LogP contribution is 2.24. The van der Waals surface area contributed by atoms with E-state index in [4.69, 9.17) is 10.5 Å². The molecule has 0 fully saturated rings. The molecule has 84 valence electrons. The van der Waals surface area contributed by atoms with Crippen LogP contribution in [0.1, 0.15) is 11.1 Å². The smallest absolute Gasteiger partial charge is 0.253 e. The van der Waals surface area contributed by atoms with Crippen LogP contribution in [0.15, 0.2) is 23.0 Å². The normalized spacial score (nSPS) is 10.7. The molecule has 16 heavy (non-hydrogen) atoms. The maximum Gasteiger partial charge on any atom is 0.253 e. The highest BCUT2D eigenvalue weighted by Gasteiger charge is 2.06. The standard InChI is InChI=1S/C12H14N2O2/c1-7-3-8-5-9(6-13)12(15)14-11(8)10(4-7)16-2/h3-5H,6,13H2,1-2H3,(H,14,15). The number of methoxy groups -OCH3 is 1. The predicted octanol–water partition coefficient (Wildman–Crippen LogP) is 1.30. The minimum absolute atomic E-state index is 0.155. The fourth-order valence-corrected chi connectivity index (χ4v) is 1.79. The van der Waals surface area contributed by atoms with Gasteiger partial charge in [0.2, 0.25) is 0 Å². The lowest BCUT2D eigenvalue weighted by molar-refractivity contribution is 0.418. The molecule has 0 bridgehead atoms. The van der Waals surface area contributed by atoms with Crippen LogP contribution in [0.2, 0.25) is 0 Å². The Hall–Kier alpha value is -1.81. The van der Waals surface area contributed by atoms with Crippen molar-refractivity contribution in [1.82, 2.24) is 4.98 Å². The number of pyridine rings is 1. The van der Waals surface area contributed by atoms with E-state index in [1.165, 1.54) is 0 Å². The molecule has 3 N–H and O–H groups in total. The lowest BCUT2D eigenvalue weighted by atomic mass is 10.1. The zero-order valence-corrected chi connectivity index (χ0v) is 9.33. The third-order valence-corrected chi connectivity index (χ3v) is 2.58. The number of nitrogens with two attached hydrogens (primary N) is 1. The van der Waals surface area contributed by atoms with Gasteiger partial charge in [-0.2, -0.15) is 0 Å². The number of hydrogen-bond donors (Lipinski definition) is 2. The van der Waals surface area contributed by atoms with Crippen LogP contribution in [-0.2, 0) is 6.54 Å². The van der Waals surface area contributed by atoms with Crippen molar-refractivity contribution in [3.8, 4) is 5.75 Å². The summed E-state index contributed by atoms with van der Waals surface area (Å²) < 4.78 is 5.24. The quantitative estimate of drug-likeness (QED) is 0.798. The van der Waals surface area contributed by atoms with E-state index < -0.39 is 0 Å². The number of aryl methyl sites for hydroxylation is 1. The van der Waals surface area contributed by atoms with E-state index >= 15 is 0 Å². The van der Waals surface area contributed by atoms with Gasteiger partial charge in [-0.1, -0.05) is 0 Å². The number of H-pyrrole nitrogens is 1.